The van der Waals surface area contributed by atoms with Crippen LogP contribution in [0, 0.1) is 6.92 Å². The fourth-order valence-corrected chi connectivity index (χ4v) is 4.90. The van der Waals surface area contributed by atoms with Crippen LogP contribution < -0.4 is 20.1 Å². The molecule has 0 aliphatic rings. The zero-order valence-electron chi connectivity index (χ0n) is 17.5. The molecule has 0 radical (unpaired) electrons. The number of ether oxygens (including phenoxy) is 1. The number of hydrogen-bond acceptors (Lipinski definition) is 6. The van der Waals surface area contributed by atoms with Crippen LogP contribution in [-0.4, -0.2) is 33.9 Å². The van der Waals surface area contributed by atoms with E-state index in [1.807, 2.05) is 13.0 Å². The monoisotopic (exact) mass is 473 g/mol. The van der Waals surface area contributed by atoms with Crippen LogP contribution in [0.25, 0.3) is 0 Å². The van der Waals surface area contributed by atoms with Gasteiger partial charge in [-0.1, -0.05) is 24.3 Å². The number of amides is 2. The predicted molar refractivity (Wildman–Crippen MR) is 125 cm³/mol. The van der Waals surface area contributed by atoms with E-state index in [0.717, 1.165) is 16.9 Å². The minimum atomic E-state index is -3.62. The maximum absolute atomic E-state index is 12.3. The van der Waals surface area contributed by atoms with Crippen LogP contribution in [0.2, 0.25) is 0 Å². The van der Waals surface area contributed by atoms with E-state index < -0.39 is 10.0 Å². The number of nitrogens with one attached hydrogen (secondary N) is 3. The number of aryl methyl sites for hydroxylation is 1. The van der Waals surface area contributed by atoms with Gasteiger partial charge in [-0.3, -0.25) is 14.3 Å². The second kappa shape index (κ2) is 10.3. The third-order valence-electron chi connectivity index (χ3n) is 4.41. The summed E-state index contributed by atoms with van der Waals surface area (Å²) < 4.78 is 32.5. The normalized spacial score (nSPS) is 10.9. The summed E-state index contributed by atoms with van der Waals surface area (Å²) in [5.41, 5.74) is 2.58. The Kier molecular flexibility index (Phi) is 7.49. The molecule has 0 bridgehead atoms. The highest BCUT2D eigenvalue weighted by Crippen LogP contribution is 2.25. The number of anilines is 2. The van der Waals surface area contributed by atoms with Gasteiger partial charge in [0.25, 0.3) is 10.0 Å². The van der Waals surface area contributed by atoms with Gasteiger partial charge in [0.15, 0.2) is 0 Å². The highest BCUT2D eigenvalue weighted by molar-refractivity contribution is 7.94. The van der Waals surface area contributed by atoms with Crippen molar-refractivity contribution in [3.63, 3.8) is 0 Å². The Bertz CT molecular complexity index is 1190. The fraction of sp³-hybridized carbons (Fsp3) is 0.182. The Balaban J connectivity index is 1.50. The molecule has 0 atom stereocenters. The van der Waals surface area contributed by atoms with E-state index in [1.165, 1.54) is 13.2 Å². The molecule has 8 nitrogen and oxygen atoms in total. The summed E-state index contributed by atoms with van der Waals surface area (Å²) >= 11 is 1.13. The van der Waals surface area contributed by atoms with Crippen LogP contribution in [0.5, 0.6) is 5.75 Å². The smallest absolute Gasteiger partial charge is 0.271 e. The molecule has 0 aliphatic carbocycles. The molecule has 0 spiro atoms. The maximum Gasteiger partial charge on any atom is 0.271 e. The molecule has 2 aromatic carbocycles. The van der Waals surface area contributed by atoms with Crippen molar-refractivity contribution in [1.29, 1.82) is 0 Å². The number of carbonyl (C=O) groups excluding carboxylic acids is 2. The minimum Gasteiger partial charge on any atom is -0.495 e. The summed E-state index contributed by atoms with van der Waals surface area (Å²) in [6, 6.07) is 15.1. The maximum atomic E-state index is 12.3. The third-order valence-corrected chi connectivity index (χ3v) is 7.18. The van der Waals surface area contributed by atoms with E-state index in [2.05, 4.69) is 15.4 Å². The summed E-state index contributed by atoms with van der Waals surface area (Å²) in [6.07, 6.45) is 0.0546. The van der Waals surface area contributed by atoms with Gasteiger partial charge in [-0.25, -0.2) is 8.42 Å². The van der Waals surface area contributed by atoms with E-state index in [9.17, 15) is 18.0 Å². The van der Waals surface area contributed by atoms with E-state index in [0.29, 0.717) is 22.7 Å². The number of carbonyl (C=O) groups is 2. The Morgan fingerprint density at radius 2 is 1.78 bits per heavy atom. The molecule has 32 heavy (non-hydrogen) atoms. The SMILES string of the molecule is COc1ccc(C)cc1NC(=O)CNC(=O)Cc1ccc(NS(=O)(=O)c2cccs2)cc1. The molecule has 1 aromatic heterocycles. The molecule has 0 aliphatic heterocycles. The van der Waals surface area contributed by atoms with Gasteiger partial charge in [0.05, 0.1) is 25.8 Å². The molecule has 0 unspecified atom stereocenters. The van der Waals surface area contributed by atoms with Crippen LogP contribution >= 0.6 is 11.3 Å². The molecule has 10 heteroatoms. The van der Waals surface area contributed by atoms with Crippen LogP contribution in [0.4, 0.5) is 11.4 Å². The Labute approximate surface area is 190 Å². The summed E-state index contributed by atoms with van der Waals surface area (Å²) in [7, 11) is -2.11. The molecular formula is C22H23N3O5S2. The number of rotatable bonds is 9. The topological polar surface area (TPSA) is 114 Å². The zero-order chi connectivity index (χ0) is 23.1. The van der Waals surface area contributed by atoms with Gasteiger partial charge < -0.3 is 15.4 Å². The minimum absolute atomic E-state index is 0.0546. The second-order valence-corrected chi connectivity index (χ2v) is 9.80. The average Bonchev–Trinajstić information content (AvgIpc) is 3.30. The summed E-state index contributed by atoms with van der Waals surface area (Å²) in [5.74, 6) is -0.172. The van der Waals surface area contributed by atoms with Crippen molar-refractivity contribution in [3.8, 4) is 5.75 Å². The van der Waals surface area contributed by atoms with Gasteiger partial charge in [-0.2, -0.15) is 0 Å². The highest BCUT2D eigenvalue weighted by Gasteiger charge is 2.15. The van der Waals surface area contributed by atoms with Gasteiger partial charge in [-0.15, -0.1) is 11.3 Å². The number of sulfonamides is 1. The molecule has 0 saturated heterocycles. The fourth-order valence-electron chi connectivity index (χ4n) is 2.85. The quantitative estimate of drug-likeness (QED) is 0.442. The lowest BCUT2D eigenvalue weighted by atomic mass is 10.1. The average molecular weight is 474 g/mol. The summed E-state index contributed by atoms with van der Waals surface area (Å²) in [4.78, 5) is 24.4. The largest absolute Gasteiger partial charge is 0.495 e. The van der Waals surface area contributed by atoms with Crippen LogP contribution in [-0.2, 0) is 26.0 Å². The van der Waals surface area contributed by atoms with Crippen molar-refractivity contribution in [1.82, 2.24) is 5.32 Å². The van der Waals surface area contributed by atoms with E-state index in [1.54, 1.807) is 47.8 Å². The lowest BCUT2D eigenvalue weighted by molar-refractivity contribution is -0.123. The molecular weight excluding hydrogens is 450 g/mol. The number of methoxy groups -OCH3 is 1. The standard InChI is InChI=1S/C22H23N3O5S2/c1-15-5-10-19(30-2)18(12-15)24-21(27)14-23-20(26)13-16-6-8-17(9-7-16)25-32(28,29)22-4-3-11-31-22/h3-12,25H,13-14H2,1-2H3,(H,23,26)(H,24,27). The lowest BCUT2D eigenvalue weighted by Crippen LogP contribution is -2.33. The van der Waals surface area contributed by atoms with Gasteiger partial charge in [-0.05, 0) is 53.8 Å². The van der Waals surface area contributed by atoms with Crippen LogP contribution in [0.15, 0.2) is 64.2 Å². The Morgan fingerprint density at radius 3 is 2.44 bits per heavy atom. The van der Waals surface area contributed by atoms with Crippen molar-refractivity contribution in [2.45, 2.75) is 17.6 Å². The number of benzene rings is 2. The first-order chi connectivity index (χ1) is 15.3. The first-order valence-corrected chi connectivity index (χ1v) is 12.0. The molecule has 0 saturated carbocycles. The molecule has 3 rings (SSSR count). The Hall–Kier alpha value is -3.37. The first kappa shape index (κ1) is 23.3. The van der Waals surface area contributed by atoms with Crippen molar-refractivity contribution < 1.29 is 22.7 Å². The Morgan fingerprint density at radius 1 is 1.03 bits per heavy atom. The van der Waals surface area contributed by atoms with Gasteiger partial charge in [0.1, 0.15) is 9.96 Å². The third kappa shape index (κ3) is 6.32. The van der Waals surface area contributed by atoms with Gasteiger partial charge in [0.2, 0.25) is 11.8 Å². The summed E-state index contributed by atoms with van der Waals surface area (Å²) in [5, 5.41) is 6.98. The van der Waals surface area contributed by atoms with Crippen molar-refractivity contribution in [3.05, 3.63) is 71.1 Å². The molecule has 2 amide bonds. The molecule has 3 aromatic rings. The van der Waals surface area contributed by atoms with Crippen LogP contribution in [0.3, 0.4) is 0 Å². The molecule has 0 fully saturated rings. The number of hydrogen-bond donors (Lipinski definition) is 3. The number of thiophene rings is 1. The highest BCUT2D eigenvalue weighted by atomic mass is 32.2. The van der Waals surface area contributed by atoms with E-state index in [-0.39, 0.29) is 29.0 Å². The molecule has 1 heterocycles. The molecule has 3 N–H and O–H groups in total. The van der Waals surface area contributed by atoms with Crippen LogP contribution in [0.1, 0.15) is 11.1 Å². The van der Waals surface area contributed by atoms with E-state index in [4.69, 9.17) is 4.74 Å². The zero-order valence-corrected chi connectivity index (χ0v) is 19.2. The van der Waals surface area contributed by atoms with Gasteiger partial charge in [0, 0.05) is 5.69 Å². The van der Waals surface area contributed by atoms with Crippen molar-refractivity contribution >= 4 is 44.5 Å². The summed E-state index contributed by atoms with van der Waals surface area (Å²) in [6.45, 7) is 1.71. The lowest BCUT2D eigenvalue weighted by Gasteiger charge is -2.11. The molecule has 168 valence electrons. The predicted octanol–water partition coefficient (Wildman–Crippen LogP) is 3.16. The first-order valence-electron chi connectivity index (χ1n) is 9.63. The second-order valence-electron chi connectivity index (χ2n) is 6.94. The van der Waals surface area contributed by atoms with Gasteiger partial charge >= 0.3 is 0 Å². The van der Waals surface area contributed by atoms with Crippen molar-refractivity contribution in [2.75, 3.05) is 23.7 Å². The van der Waals surface area contributed by atoms with E-state index >= 15 is 0 Å². The van der Waals surface area contributed by atoms with Crippen molar-refractivity contribution in [2.24, 2.45) is 0 Å².